The molecular formula is C85H118ClN13O19. The zero-order valence-electron chi connectivity index (χ0n) is 68.2. The first-order valence-electron chi connectivity index (χ1n) is 42.0. The first kappa shape index (κ1) is 90.3. The number of nitrogens with two attached hydrogens (primary N) is 1. The maximum Gasteiger partial charge on any atom is 0.329 e. The highest BCUT2D eigenvalue weighted by Gasteiger charge is 2.35. The second-order valence-corrected chi connectivity index (χ2v) is 31.4. The van der Waals surface area contributed by atoms with Crippen LogP contribution in [0.5, 0.6) is 0 Å². The van der Waals surface area contributed by atoms with Crippen LogP contribution < -0.4 is 27.7 Å². The van der Waals surface area contributed by atoms with Crippen LogP contribution in [-0.2, 0) is 103 Å². The highest BCUT2D eigenvalue weighted by Crippen LogP contribution is 2.39. The summed E-state index contributed by atoms with van der Waals surface area (Å²) in [6.45, 7) is 8.88. The number of ether oxygens (including phenoxy) is 10. The third-order valence-electron chi connectivity index (χ3n) is 23.2. The van der Waals surface area contributed by atoms with E-state index in [-0.39, 0.29) is 85.4 Å². The first-order valence-corrected chi connectivity index (χ1v) is 42.0. The Bertz CT molecular complexity index is 4700. The number of carbonyl (C=O) groups excluding carboxylic acids is 5. The topological polar surface area (TPSA) is 402 Å². The Morgan fingerprint density at radius 3 is 1.30 bits per heavy atom. The Balaban J connectivity index is 0.000000192. The number of imidazole rings is 2. The van der Waals surface area contributed by atoms with Gasteiger partial charge in [0.05, 0.1) is 137 Å². The normalized spacial score (nSPS) is 20.3. The monoisotopic (exact) mass is 1660 g/mol. The summed E-state index contributed by atoms with van der Waals surface area (Å²) in [5.74, 6) is 1.85. The summed E-state index contributed by atoms with van der Waals surface area (Å²) in [5.41, 5.74) is 15.1. The molecule has 644 valence electrons. The number of para-hydroxylation sites is 2. The van der Waals surface area contributed by atoms with Crippen LogP contribution in [-0.4, -0.2) is 238 Å². The van der Waals surface area contributed by atoms with E-state index in [9.17, 15) is 38.4 Å². The van der Waals surface area contributed by atoms with Crippen molar-refractivity contribution in [1.82, 2.24) is 48.2 Å². The van der Waals surface area contributed by atoms with Crippen LogP contribution >= 0.6 is 12.4 Å². The van der Waals surface area contributed by atoms with Gasteiger partial charge >= 0.3 is 17.3 Å². The summed E-state index contributed by atoms with van der Waals surface area (Å²) in [6, 6.07) is 11.5. The number of ketones is 5. The summed E-state index contributed by atoms with van der Waals surface area (Å²) in [7, 11) is 3.44. The van der Waals surface area contributed by atoms with E-state index >= 15 is 0 Å². The van der Waals surface area contributed by atoms with Crippen LogP contribution in [0, 0.1) is 5.92 Å². The average Bonchev–Trinajstić information content (AvgIpc) is 1.60. The van der Waals surface area contributed by atoms with Crippen molar-refractivity contribution in [3.8, 4) is 0 Å². The van der Waals surface area contributed by atoms with Gasteiger partial charge in [-0.2, -0.15) is 0 Å². The van der Waals surface area contributed by atoms with Crippen molar-refractivity contribution in [2.75, 3.05) is 143 Å². The van der Waals surface area contributed by atoms with Gasteiger partial charge in [0.15, 0.2) is 17.3 Å². The number of carboxylic acid groups (broad SMARTS) is 1. The number of aliphatic carboxylic acids is 1. The van der Waals surface area contributed by atoms with Crippen LogP contribution in [0.4, 0.5) is 11.6 Å². The van der Waals surface area contributed by atoms with Crippen LogP contribution in [0.3, 0.4) is 0 Å². The van der Waals surface area contributed by atoms with Crippen LogP contribution in [0.15, 0.2) is 71.0 Å². The predicted molar refractivity (Wildman–Crippen MR) is 444 cm³/mol. The molecule has 2 saturated heterocycles. The van der Waals surface area contributed by atoms with E-state index in [1.54, 1.807) is 45.0 Å². The number of rotatable bonds is 40. The highest BCUT2D eigenvalue weighted by atomic mass is 35.5. The van der Waals surface area contributed by atoms with Gasteiger partial charge in [0.2, 0.25) is 0 Å². The van der Waals surface area contributed by atoms with E-state index in [1.807, 2.05) is 36.4 Å². The molecule has 6 aliphatic rings. The third kappa shape index (κ3) is 24.8. The number of Topliss-reactive ketones (excluding diaryl/α,β-unsaturated/α-hetero) is 5. The number of fused-ring (bicyclic) bond motifs is 4. The van der Waals surface area contributed by atoms with Crippen molar-refractivity contribution in [2.24, 2.45) is 25.7 Å². The minimum absolute atomic E-state index is 0. The molecule has 2 atom stereocenters. The molecule has 0 amide bonds. The summed E-state index contributed by atoms with van der Waals surface area (Å²) >= 11 is 0. The lowest BCUT2D eigenvalue weighted by atomic mass is 9.83. The van der Waals surface area contributed by atoms with Crippen molar-refractivity contribution < 1.29 is 81.2 Å². The van der Waals surface area contributed by atoms with E-state index in [0.717, 1.165) is 183 Å². The van der Waals surface area contributed by atoms with E-state index in [1.165, 1.54) is 11.1 Å². The first-order chi connectivity index (χ1) is 57.1. The number of halogens is 1. The van der Waals surface area contributed by atoms with Gasteiger partial charge in [-0.25, -0.2) is 34.3 Å². The number of aromatic nitrogens is 10. The number of carboxylic acids is 1. The number of H-pyrrole nitrogens is 2. The Kier molecular flexibility index (Phi) is 35.4. The molecule has 8 heterocycles. The van der Waals surface area contributed by atoms with Crippen LogP contribution in [0.25, 0.3) is 44.1 Å². The number of aromatic amines is 2. The number of aryl methyl sites for hydroxylation is 4. The van der Waals surface area contributed by atoms with Crippen LogP contribution in [0.2, 0.25) is 0 Å². The average molecular weight is 1660 g/mol. The van der Waals surface area contributed by atoms with Crippen molar-refractivity contribution in [3.05, 3.63) is 105 Å². The molecule has 2 aromatic carbocycles. The summed E-state index contributed by atoms with van der Waals surface area (Å²) in [6.07, 6.45) is 24.7. The fourth-order valence-electron chi connectivity index (χ4n) is 17.1. The van der Waals surface area contributed by atoms with Crippen molar-refractivity contribution in [3.63, 3.8) is 0 Å². The number of benzene rings is 2. The SMILES string of the molecule is Cl.Cn1c(=O)n(C2CCC(=O)CC2=O)c2cccc(CCCOCCOCCOCCOCC(=O)CC3CCC(Nc4ncnc5[nH]cc(C6CCOCC6)c45)CC3)c21.Cn1c(=O)n(C2CCC(=O)CC2=O)c2cccc(CCCOCCOCCOCCOCC(=O)O)c21.NC1CCC(Nc2ncnc3[nH]cc(C4CCOCC4)c23)CC1. The fourth-order valence-corrected chi connectivity index (χ4v) is 17.1. The molecule has 14 rings (SSSR count). The molecule has 0 radical (unpaired) electrons. The van der Waals surface area contributed by atoms with Gasteiger partial charge in [0.1, 0.15) is 60.4 Å². The summed E-state index contributed by atoms with van der Waals surface area (Å²) in [5, 5.41) is 18.1. The molecule has 2 unspecified atom stereocenters. The quantitative estimate of drug-likeness (QED) is 0.0154. The predicted octanol–water partition coefficient (Wildman–Crippen LogP) is 9.24. The lowest BCUT2D eigenvalue weighted by molar-refractivity contribution is -0.143. The zero-order valence-corrected chi connectivity index (χ0v) is 69.0. The third-order valence-corrected chi connectivity index (χ3v) is 23.2. The Morgan fingerprint density at radius 1 is 0.500 bits per heavy atom. The standard InChI is InChI=1S/C43H58N6O9.C25H34N2O9.C17H25N5O.ClH/c1-48-40-31(4-2-6-37(40)49(43(48)53)36-12-11-33(50)25-38(36)52)5-3-15-54-18-19-56-20-21-57-22-23-58-27-34(51)24-29-7-9-32(10-8-29)47-42-39-35(30-13-16-55-17-14-30)26-44-41(39)45-28-46-42;1-26-24-18(5-3-9-33-10-11-34-12-13-35-14-15-36-17-23(30)31)4-2-6-21(24)27(25(26)32)20-8-7-19(28)16-22(20)29;18-12-1-3-13(4-2-12)22-17-15-14(11-5-7-23-8-6-11)9-19-16(15)20-10-21-17;/h2,4,6,26,28-30,32,36H,3,5,7-25,27H2,1H3,(H2,44,45,46,47);2,4,6,20H,3,5,7-17H2,1H3,(H,30,31);9-13H,1-8,18H2,(H2,19,20,21,22);1H. The number of carbonyl (C=O) groups is 6. The van der Waals surface area contributed by atoms with Gasteiger partial charge < -0.3 is 78.8 Å². The van der Waals surface area contributed by atoms with Gasteiger partial charge in [0, 0.05) is 104 Å². The highest BCUT2D eigenvalue weighted by molar-refractivity contribution is 6.04. The molecule has 118 heavy (non-hydrogen) atoms. The Morgan fingerprint density at radius 2 is 0.890 bits per heavy atom. The lowest BCUT2D eigenvalue weighted by Crippen LogP contribution is -2.34. The van der Waals surface area contributed by atoms with Gasteiger partial charge in [-0.15, -0.1) is 12.4 Å². The molecular weight excluding hydrogens is 1540 g/mol. The number of anilines is 2. The smallest absolute Gasteiger partial charge is 0.329 e. The van der Waals surface area contributed by atoms with Crippen molar-refractivity contribution >= 4 is 103 Å². The van der Waals surface area contributed by atoms with E-state index in [4.69, 9.17) is 58.2 Å². The molecule has 2 aliphatic heterocycles. The molecule has 0 bridgehead atoms. The molecule has 7 N–H and O–H groups in total. The van der Waals surface area contributed by atoms with Gasteiger partial charge in [-0.3, -0.25) is 42.2 Å². The molecule has 6 aromatic heterocycles. The molecule has 8 aromatic rings. The maximum absolute atomic E-state index is 13.2. The molecule has 33 heteroatoms. The van der Waals surface area contributed by atoms with Gasteiger partial charge in [-0.05, 0) is 168 Å². The zero-order chi connectivity index (χ0) is 81.8. The molecule has 6 fully saturated rings. The van der Waals surface area contributed by atoms with E-state index in [2.05, 4.69) is 52.9 Å². The minimum Gasteiger partial charge on any atom is -0.480 e. The Labute approximate surface area is 692 Å². The molecule has 4 aliphatic carbocycles. The van der Waals surface area contributed by atoms with Crippen LogP contribution in [0.1, 0.15) is 181 Å². The second kappa shape index (κ2) is 46.3. The number of nitrogens with zero attached hydrogens (tertiary/aromatic N) is 8. The number of hydrogen-bond acceptors (Lipinski definition) is 25. The molecule has 0 spiro atoms. The summed E-state index contributed by atoms with van der Waals surface area (Å²) < 4.78 is 61.2. The fraction of sp³-hybridized carbons (Fsp3) is 0.624. The largest absolute Gasteiger partial charge is 0.480 e. The molecule has 4 saturated carbocycles. The lowest BCUT2D eigenvalue weighted by Gasteiger charge is -2.29. The minimum atomic E-state index is -1.01. The summed E-state index contributed by atoms with van der Waals surface area (Å²) in [4.78, 5) is 122. The number of hydrogen-bond donors (Lipinski definition) is 6. The molecule has 32 nitrogen and oxygen atoms in total. The van der Waals surface area contributed by atoms with Gasteiger partial charge in [-0.1, -0.05) is 24.3 Å². The van der Waals surface area contributed by atoms with Gasteiger partial charge in [0.25, 0.3) is 0 Å². The maximum atomic E-state index is 13.2. The van der Waals surface area contributed by atoms with E-state index in [0.29, 0.717) is 167 Å². The van der Waals surface area contributed by atoms with Crippen molar-refractivity contribution in [1.29, 1.82) is 0 Å². The van der Waals surface area contributed by atoms with Crippen molar-refractivity contribution in [2.45, 2.75) is 190 Å². The second-order valence-electron chi connectivity index (χ2n) is 31.4. The van der Waals surface area contributed by atoms with E-state index < -0.39 is 18.1 Å². The number of nitrogens with one attached hydrogen (secondary N) is 4. The Hall–Kier alpha value is -8.51.